The fourth-order valence-electron chi connectivity index (χ4n) is 2.66. The number of halogens is 1. The summed E-state index contributed by atoms with van der Waals surface area (Å²) in [6.07, 6.45) is 2.05. The third-order valence-corrected chi connectivity index (χ3v) is 4.25. The van der Waals surface area contributed by atoms with E-state index in [0.717, 1.165) is 16.5 Å². The Balaban J connectivity index is 1.79. The molecule has 0 radical (unpaired) electrons. The Morgan fingerprint density at radius 1 is 1.16 bits per heavy atom. The van der Waals surface area contributed by atoms with E-state index in [-0.39, 0.29) is 18.2 Å². The van der Waals surface area contributed by atoms with Gasteiger partial charge in [-0.15, -0.1) is 0 Å². The number of hydrogen-bond donors (Lipinski definition) is 2. The van der Waals surface area contributed by atoms with Crippen molar-refractivity contribution in [3.05, 3.63) is 64.8 Å². The van der Waals surface area contributed by atoms with Crippen molar-refractivity contribution in [2.75, 3.05) is 19.4 Å². The molecule has 2 amide bonds. The van der Waals surface area contributed by atoms with Crippen LogP contribution in [0.3, 0.4) is 0 Å². The van der Waals surface area contributed by atoms with Gasteiger partial charge in [-0.1, -0.05) is 29.8 Å². The summed E-state index contributed by atoms with van der Waals surface area (Å²) in [5, 5.41) is 4.20. The molecule has 0 saturated heterocycles. The van der Waals surface area contributed by atoms with Crippen LogP contribution in [0.5, 0.6) is 0 Å². The van der Waals surface area contributed by atoms with Crippen molar-refractivity contribution < 1.29 is 9.59 Å². The van der Waals surface area contributed by atoms with Crippen LogP contribution in [-0.4, -0.2) is 35.8 Å². The van der Waals surface area contributed by atoms with Crippen molar-refractivity contribution in [3.63, 3.8) is 0 Å². The van der Waals surface area contributed by atoms with Crippen LogP contribution in [0.25, 0.3) is 10.9 Å². The van der Waals surface area contributed by atoms with E-state index < -0.39 is 0 Å². The minimum Gasteiger partial charge on any atom is -0.361 e. The third-order valence-electron chi connectivity index (χ3n) is 3.92. The second-order valence-corrected chi connectivity index (χ2v) is 6.39. The van der Waals surface area contributed by atoms with Gasteiger partial charge in [-0.25, -0.2) is 0 Å². The number of aromatic amines is 1. The van der Waals surface area contributed by atoms with Crippen molar-refractivity contribution in [1.29, 1.82) is 0 Å². The summed E-state index contributed by atoms with van der Waals surface area (Å²) in [7, 11) is 3.35. The van der Waals surface area contributed by atoms with Crippen LogP contribution in [-0.2, 0) is 11.2 Å². The fraction of sp³-hybridized carbons (Fsp3) is 0.158. The highest BCUT2D eigenvalue weighted by Crippen LogP contribution is 2.24. The number of nitrogens with zero attached hydrogens (tertiary/aromatic N) is 1. The maximum atomic E-state index is 12.4. The minimum atomic E-state index is -0.193. The minimum absolute atomic E-state index is 0.149. The Bertz CT molecular complexity index is 947. The number of anilines is 1. The zero-order chi connectivity index (χ0) is 18.0. The molecule has 3 aromatic rings. The molecule has 0 aliphatic heterocycles. The van der Waals surface area contributed by atoms with Crippen LogP contribution < -0.4 is 5.32 Å². The summed E-state index contributed by atoms with van der Waals surface area (Å²) in [4.78, 5) is 29.1. The second kappa shape index (κ2) is 6.99. The first-order chi connectivity index (χ1) is 12.0. The number of fused-ring (bicyclic) bond motifs is 1. The van der Waals surface area contributed by atoms with E-state index in [1.165, 1.54) is 4.90 Å². The lowest BCUT2D eigenvalue weighted by molar-refractivity contribution is -0.115. The Labute approximate surface area is 150 Å². The van der Waals surface area contributed by atoms with E-state index in [1.807, 2.05) is 30.5 Å². The number of nitrogens with one attached hydrogen (secondary N) is 2. The standard InChI is InChI=1S/C19H18ClN3O2/c1-23(2)19(25)12-7-8-15(20)17(9-12)22-18(24)10-13-11-21-16-6-4-3-5-14(13)16/h3-9,11,21H,10H2,1-2H3,(H,22,24). The Morgan fingerprint density at radius 2 is 1.92 bits per heavy atom. The predicted octanol–water partition coefficient (Wildman–Crippen LogP) is 3.70. The average molecular weight is 356 g/mol. The van der Waals surface area contributed by atoms with Gasteiger partial charge in [-0.2, -0.15) is 0 Å². The van der Waals surface area contributed by atoms with Crippen molar-refractivity contribution in [2.24, 2.45) is 0 Å². The zero-order valence-electron chi connectivity index (χ0n) is 14.0. The number of hydrogen-bond acceptors (Lipinski definition) is 2. The summed E-state index contributed by atoms with van der Waals surface area (Å²) in [5.74, 6) is -0.343. The van der Waals surface area contributed by atoms with E-state index in [4.69, 9.17) is 11.6 Å². The quantitative estimate of drug-likeness (QED) is 0.749. The molecule has 5 nitrogen and oxygen atoms in total. The molecule has 3 rings (SSSR count). The average Bonchev–Trinajstić information content (AvgIpc) is 2.99. The molecule has 0 bridgehead atoms. The maximum absolute atomic E-state index is 12.4. The molecular weight excluding hydrogens is 338 g/mol. The number of benzene rings is 2. The second-order valence-electron chi connectivity index (χ2n) is 5.98. The monoisotopic (exact) mass is 355 g/mol. The van der Waals surface area contributed by atoms with Gasteiger partial charge in [0, 0.05) is 36.8 Å². The third kappa shape index (κ3) is 3.67. The molecule has 128 valence electrons. The van der Waals surface area contributed by atoms with Crippen molar-refractivity contribution >= 4 is 40.0 Å². The molecule has 2 aromatic carbocycles. The largest absolute Gasteiger partial charge is 0.361 e. The number of carbonyl (C=O) groups excluding carboxylic acids is 2. The van der Waals surface area contributed by atoms with E-state index in [0.29, 0.717) is 16.3 Å². The van der Waals surface area contributed by atoms with Crippen molar-refractivity contribution in [3.8, 4) is 0 Å². The van der Waals surface area contributed by atoms with Gasteiger partial charge in [-0.05, 0) is 29.8 Å². The number of rotatable bonds is 4. The lowest BCUT2D eigenvalue weighted by Gasteiger charge is -2.13. The molecule has 0 fully saturated rings. The molecule has 0 saturated carbocycles. The van der Waals surface area contributed by atoms with Crippen LogP contribution >= 0.6 is 11.6 Å². The maximum Gasteiger partial charge on any atom is 0.253 e. The van der Waals surface area contributed by atoms with Crippen molar-refractivity contribution in [1.82, 2.24) is 9.88 Å². The molecular formula is C19H18ClN3O2. The summed E-state index contributed by atoms with van der Waals surface area (Å²) < 4.78 is 0. The van der Waals surface area contributed by atoms with Gasteiger partial charge in [0.05, 0.1) is 17.1 Å². The lowest BCUT2D eigenvalue weighted by Crippen LogP contribution is -2.22. The van der Waals surface area contributed by atoms with E-state index in [9.17, 15) is 9.59 Å². The van der Waals surface area contributed by atoms with E-state index in [1.54, 1.807) is 32.3 Å². The van der Waals surface area contributed by atoms with Crippen LogP contribution in [0, 0.1) is 0 Å². The van der Waals surface area contributed by atoms with Gasteiger partial charge in [0.2, 0.25) is 5.91 Å². The summed E-state index contributed by atoms with van der Waals surface area (Å²) in [6, 6.07) is 12.7. The van der Waals surface area contributed by atoms with Gasteiger partial charge in [0.25, 0.3) is 5.91 Å². The molecule has 25 heavy (non-hydrogen) atoms. The lowest BCUT2D eigenvalue weighted by atomic mass is 10.1. The van der Waals surface area contributed by atoms with Gasteiger partial charge < -0.3 is 15.2 Å². The van der Waals surface area contributed by atoms with E-state index >= 15 is 0 Å². The molecule has 2 N–H and O–H groups in total. The van der Waals surface area contributed by atoms with Crippen LogP contribution in [0.15, 0.2) is 48.7 Å². The number of aromatic nitrogens is 1. The molecule has 0 spiro atoms. The highest BCUT2D eigenvalue weighted by molar-refractivity contribution is 6.34. The van der Waals surface area contributed by atoms with Gasteiger partial charge in [-0.3, -0.25) is 9.59 Å². The first-order valence-corrected chi connectivity index (χ1v) is 8.19. The Hall–Kier alpha value is -2.79. The summed E-state index contributed by atoms with van der Waals surface area (Å²) in [5.41, 5.74) is 2.79. The highest BCUT2D eigenvalue weighted by Gasteiger charge is 2.14. The molecule has 6 heteroatoms. The normalized spacial score (nSPS) is 10.7. The Morgan fingerprint density at radius 3 is 2.68 bits per heavy atom. The van der Waals surface area contributed by atoms with Crippen LogP contribution in [0.4, 0.5) is 5.69 Å². The molecule has 1 aromatic heterocycles. The number of amides is 2. The number of H-pyrrole nitrogens is 1. The van der Waals surface area contributed by atoms with Gasteiger partial charge in [0.1, 0.15) is 0 Å². The van der Waals surface area contributed by atoms with Gasteiger partial charge >= 0.3 is 0 Å². The van der Waals surface area contributed by atoms with E-state index in [2.05, 4.69) is 10.3 Å². The first kappa shape index (κ1) is 17.0. The molecule has 0 atom stereocenters. The summed E-state index contributed by atoms with van der Waals surface area (Å²) in [6.45, 7) is 0. The SMILES string of the molecule is CN(C)C(=O)c1ccc(Cl)c(NC(=O)Cc2c[nH]c3ccccc23)c1. The van der Waals surface area contributed by atoms with Crippen LogP contribution in [0.1, 0.15) is 15.9 Å². The molecule has 0 aliphatic rings. The smallest absolute Gasteiger partial charge is 0.253 e. The van der Waals surface area contributed by atoms with Crippen LogP contribution in [0.2, 0.25) is 5.02 Å². The molecule has 0 unspecified atom stereocenters. The first-order valence-electron chi connectivity index (χ1n) is 7.82. The fourth-order valence-corrected chi connectivity index (χ4v) is 2.82. The number of para-hydroxylation sites is 1. The highest BCUT2D eigenvalue weighted by atomic mass is 35.5. The number of carbonyl (C=O) groups is 2. The Kier molecular flexibility index (Phi) is 4.76. The zero-order valence-corrected chi connectivity index (χ0v) is 14.7. The van der Waals surface area contributed by atoms with Gasteiger partial charge in [0.15, 0.2) is 0 Å². The molecule has 0 aliphatic carbocycles. The predicted molar refractivity (Wildman–Crippen MR) is 100 cm³/mol. The summed E-state index contributed by atoms with van der Waals surface area (Å²) >= 11 is 6.16. The topological polar surface area (TPSA) is 65.2 Å². The molecule has 1 heterocycles. The van der Waals surface area contributed by atoms with Crippen molar-refractivity contribution in [2.45, 2.75) is 6.42 Å².